The number of hydrogen-bond acceptors (Lipinski definition) is 4. The van der Waals surface area contributed by atoms with Crippen LogP contribution in [-0.4, -0.2) is 79.1 Å². The summed E-state index contributed by atoms with van der Waals surface area (Å²) in [6.07, 6.45) is 3.10. The van der Waals surface area contributed by atoms with E-state index in [9.17, 15) is 9.59 Å². The Labute approximate surface area is 173 Å². The average molecular weight is 401 g/mol. The van der Waals surface area contributed by atoms with Crippen molar-refractivity contribution in [2.45, 2.75) is 26.3 Å². The van der Waals surface area contributed by atoms with E-state index in [1.165, 1.54) is 0 Å². The predicted molar refractivity (Wildman–Crippen MR) is 113 cm³/mol. The summed E-state index contributed by atoms with van der Waals surface area (Å²) in [6, 6.07) is 5.99. The lowest BCUT2D eigenvalue weighted by atomic mass is 10.0. The van der Waals surface area contributed by atoms with E-state index in [0.29, 0.717) is 39.1 Å². The molecule has 0 aliphatic carbocycles. The van der Waals surface area contributed by atoms with Crippen molar-refractivity contribution in [2.75, 3.05) is 52.4 Å². The molecule has 2 heterocycles. The van der Waals surface area contributed by atoms with Crippen molar-refractivity contribution in [1.82, 2.24) is 20.0 Å². The van der Waals surface area contributed by atoms with Gasteiger partial charge in [-0.3, -0.25) is 9.69 Å². The minimum absolute atomic E-state index is 0.0693. The molecule has 1 aromatic carbocycles. The van der Waals surface area contributed by atoms with Gasteiger partial charge in [-0.15, -0.1) is 6.58 Å². The van der Waals surface area contributed by atoms with Gasteiger partial charge in [-0.1, -0.05) is 18.2 Å². The van der Waals surface area contributed by atoms with Gasteiger partial charge in [-0.2, -0.15) is 0 Å². The van der Waals surface area contributed by atoms with E-state index >= 15 is 0 Å². The average Bonchev–Trinajstić information content (AvgIpc) is 2.95. The fraction of sp³-hybridized carbons (Fsp3) is 0.545. The largest absolute Gasteiger partial charge is 0.491 e. The number of piperazine rings is 1. The summed E-state index contributed by atoms with van der Waals surface area (Å²) in [4.78, 5) is 30.8. The van der Waals surface area contributed by atoms with Gasteiger partial charge in [0.1, 0.15) is 12.4 Å². The lowest BCUT2D eigenvalue weighted by molar-refractivity contribution is -0.132. The van der Waals surface area contributed by atoms with Crippen molar-refractivity contribution in [3.8, 4) is 5.75 Å². The Morgan fingerprint density at radius 3 is 2.69 bits per heavy atom. The monoisotopic (exact) mass is 400 g/mol. The van der Waals surface area contributed by atoms with Gasteiger partial charge in [0.2, 0.25) is 5.91 Å². The highest BCUT2D eigenvalue weighted by Gasteiger charge is 2.22. The van der Waals surface area contributed by atoms with E-state index in [4.69, 9.17) is 4.74 Å². The zero-order valence-electron chi connectivity index (χ0n) is 17.4. The van der Waals surface area contributed by atoms with Crippen molar-refractivity contribution >= 4 is 11.9 Å². The zero-order chi connectivity index (χ0) is 20.6. The Morgan fingerprint density at radius 1 is 1.17 bits per heavy atom. The Bertz CT molecular complexity index is 729. The molecular formula is C22H32N4O3. The molecular weight excluding hydrogens is 368 g/mol. The number of benzene rings is 1. The number of carbonyl (C=O) groups excluding carboxylic acids is 2. The normalized spacial score (nSPS) is 17.1. The van der Waals surface area contributed by atoms with Crippen molar-refractivity contribution in [3.63, 3.8) is 0 Å². The molecule has 3 amide bonds. The van der Waals surface area contributed by atoms with Crippen LogP contribution in [0.5, 0.6) is 5.75 Å². The van der Waals surface area contributed by atoms with Gasteiger partial charge in [0.15, 0.2) is 0 Å². The lowest BCUT2D eigenvalue weighted by Gasteiger charge is -2.34. The van der Waals surface area contributed by atoms with Crippen molar-refractivity contribution < 1.29 is 14.3 Å². The van der Waals surface area contributed by atoms with E-state index in [1.54, 1.807) is 4.90 Å². The molecule has 0 atom stereocenters. The number of ether oxygens (including phenoxy) is 1. The van der Waals surface area contributed by atoms with Gasteiger partial charge in [-0.05, 0) is 25.0 Å². The summed E-state index contributed by atoms with van der Waals surface area (Å²) < 4.78 is 5.80. The van der Waals surface area contributed by atoms with Crippen LogP contribution >= 0.6 is 0 Å². The molecule has 2 aliphatic heterocycles. The quantitative estimate of drug-likeness (QED) is 0.741. The molecule has 2 aliphatic rings. The van der Waals surface area contributed by atoms with Gasteiger partial charge in [0, 0.05) is 51.3 Å². The highest BCUT2D eigenvalue weighted by molar-refractivity contribution is 5.76. The van der Waals surface area contributed by atoms with Crippen LogP contribution in [0.4, 0.5) is 4.79 Å². The molecule has 1 saturated heterocycles. The first-order chi connectivity index (χ1) is 14.1. The summed E-state index contributed by atoms with van der Waals surface area (Å²) in [5.74, 6) is 1.03. The molecule has 0 aromatic heterocycles. The molecule has 29 heavy (non-hydrogen) atoms. The summed E-state index contributed by atoms with van der Waals surface area (Å²) >= 11 is 0. The second-order valence-electron chi connectivity index (χ2n) is 7.52. The third kappa shape index (κ3) is 5.73. The second-order valence-corrected chi connectivity index (χ2v) is 7.52. The Morgan fingerprint density at radius 2 is 1.97 bits per heavy atom. The van der Waals surface area contributed by atoms with Crippen LogP contribution in [0.15, 0.2) is 30.9 Å². The summed E-state index contributed by atoms with van der Waals surface area (Å²) in [7, 11) is 0. The van der Waals surface area contributed by atoms with Gasteiger partial charge in [-0.25, -0.2) is 4.79 Å². The number of nitrogens with zero attached hydrogens (tertiary/aromatic N) is 3. The molecule has 0 spiro atoms. The summed E-state index contributed by atoms with van der Waals surface area (Å²) in [5, 5.41) is 2.85. The topological polar surface area (TPSA) is 65.1 Å². The Kier molecular flexibility index (Phi) is 7.52. The van der Waals surface area contributed by atoms with Crippen LogP contribution in [-0.2, 0) is 17.8 Å². The van der Waals surface area contributed by atoms with Crippen LogP contribution in [0.1, 0.15) is 24.5 Å². The van der Waals surface area contributed by atoms with Gasteiger partial charge in [0.05, 0.1) is 13.1 Å². The third-order valence-corrected chi connectivity index (χ3v) is 5.46. The van der Waals surface area contributed by atoms with Crippen molar-refractivity contribution in [2.24, 2.45) is 0 Å². The smallest absolute Gasteiger partial charge is 0.317 e. The molecule has 3 rings (SSSR count). The van der Waals surface area contributed by atoms with Crippen molar-refractivity contribution in [1.29, 1.82) is 0 Å². The number of nitrogens with one attached hydrogen (secondary N) is 1. The molecule has 1 fully saturated rings. The number of carbonyl (C=O) groups is 2. The van der Waals surface area contributed by atoms with Crippen LogP contribution in [0.3, 0.4) is 0 Å². The highest BCUT2D eigenvalue weighted by Crippen LogP contribution is 2.25. The molecule has 158 valence electrons. The number of amides is 3. The fourth-order valence-electron chi connectivity index (χ4n) is 3.81. The molecule has 0 unspecified atom stereocenters. The minimum atomic E-state index is -0.0693. The van der Waals surface area contributed by atoms with E-state index in [0.717, 1.165) is 49.6 Å². The number of urea groups is 1. The first kappa shape index (κ1) is 21.2. The van der Waals surface area contributed by atoms with E-state index in [2.05, 4.69) is 22.9 Å². The summed E-state index contributed by atoms with van der Waals surface area (Å²) in [5.41, 5.74) is 2.10. The maximum atomic E-state index is 12.6. The molecule has 0 radical (unpaired) electrons. The lowest BCUT2D eigenvalue weighted by Crippen LogP contribution is -2.48. The minimum Gasteiger partial charge on any atom is -0.491 e. The number of aryl methyl sites for hydroxylation is 1. The molecule has 1 aromatic rings. The standard InChI is InChI=1S/C22H32N4O3/c1-3-9-24-10-12-25(13-11-24)21(27)8-6-18-5-7-20-19(16-18)17-26(14-15-29-20)22(28)23-4-2/h3,5,7,16H,1,4,6,8-15,17H2,2H3,(H,23,28). The Hall–Kier alpha value is -2.54. The fourth-order valence-corrected chi connectivity index (χ4v) is 3.81. The van der Waals surface area contributed by atoms with Crippen LogP contribution < -0.4 is 10.1 Å². The van der Waals surface area contributed by atoms with Gasteiger partial charge < -0.3 is 19.9 Å². The van der Waals surface area contributed by atoms with Gasteiger partial charge in [0.25, 0.3) is 0 Å². The van der Waals surface area contributed by atoms with E-state index in [1.807, 2.05) is 30.0 Å². The van der Waals surface area contributed by atoms with Crippen molar-refractivity contribution in [3.05, 3.63) is 42.0 Å². The first-order valence-corrected chi connectivity index (χ1v) is 10.5. The third-order valence-electron chi connectivity index (χ3n) is 5.46. The number of fused-ring (bicyclic) bond motifs is 1. The van der Waals surface area contributed by atoms with Crippen LogP contribution in [0.25, 0.3) is 0 Å². The van der Waals surface area contributed by atoms with E-state index < -0.39 is 0 Å². The van der Waals surface area contributed by atoms with Gasteiger partial charge >= 0.3 is 6.03 Å². The van der Waals surface area contributed by atoms with E-state index in [-0.39, 0.29) is 11.9 Å². The Balaban J connectivity index is 1.55. The zero-order valence-corrected chi connectivity index (χ0v) is 17.4. The van der Waals surface area contributed by atoms with Crippen LogP contribution in [0.2, 0.25) is 0 Å². The first-order valence-electron chi connectivity index (χ1n) is 10.5. The number of hydrogen-bond donors (Lipinski definition) is 1. The molecule has 1 N–H and O–H groups in total. The summed E-state index contributed by atoms with van der Waals surface area (Å²) in [6.45, 7) is 12.1. The SMILES string of the molecule is C=CCN1CCN(C(=O)CCc2ccc3c(c2)CN(C(=O)NCC)CCO3)CC1. The molecule has 7 heteroatoms. The second kappa shape index (κ2) is 10.3. The maximum Gasteiger partial charge on any atom is 0.317 e. The predicted octanol–water partition coefficient (Wildman–Crippen LogP) is 1.87. The number of rotatable bonds is 6. The molecule has 0 saturated carbocycles. The molecule has 7 nitrogen and oxygen atoms in total. The highest BCUT2D eigenvalue weighted by atomic mass is 16.5. The van der Waals surface area contributed by atoms with Crippen LogP contribution in [0, 0.1) is 0 Å². The maximum absolute atomic E-state index is 12.6. The molecule has 0 bridgehead atoms.